The van der Waals surface area contributed by atoms with Gasteiger partial charge in [-0.1, -0.05) is 18.2 Å². The van der Waals surface area contributed by atoms with Crippen LogP contribution >= 0.6 is 0 Å². The highest BCUT2D eigenvalue weighted by atomic mass is 32.2. The quantitative estimate of drug-likeness (QED) is 0.927. The Morgan fingerprint density at radius 3 is 2.32 bits per heavy atom. The Labute approximate surface area is 131 Å². The van der Waals surface area contributed by atoms with Crippen LogP contribution in [-0.4, -0.2) is 43.2 Å². The van der Waals surface area contributed by atoms with Gasteiger partial charge in [-0.25, -0.2) is 13.2 Å². The molecule has 0 saturated carbocycles. The van der Waals surface area contributed by atoms with Crippen molar-refractivity contribution in [3.63, 3.8) is 0 Å². The minimum absolute atomic E-state index is 0.0498. The zero-order valence-corrected chi connectivity index (χ0v) is 13.6. The maximum atomic E-state index is 12.8. The van der Waals surface area contributed by atoms with E-state index in [2.05, 4.69) is 5.32 Å². The molecule has 0 aromatic heterocycles. The fourth-order valence-electron chi connectivity index (χ4n) is 3.76. The molecule has 0 unspecified atom stereocenters. The number of rotatable bonds is 3. The number of amides is 2. The van der Waals surface area contributed by atoms with Crippen molar-refractivity contribution in [2.75, 3.05) is 6.54 Å². The van der Waals surface area contributed by atoms with Crippen LogP contribution in [0.25, 0.3) is 0 Å². The number of piperidine rings is 1. The molecule has 1 aromatic carbocycles. The second kappa shape index (κ2) is 5.91. The third-order valence-electron chi connectivity index (χ3n) is 4.76. The standard InChI is InChI=1S/C16H22N2O3S/c1-2-17-16(19)18-12-8-9-13(18)11-15(10-12)22(20,21)14-6-4-3-5-7-14/h3-7,12-13,15H,2,8-11H2,1H3,(H,17,19)/t12-,13-/m0/s1. The van der Waals surface area contributed by atoms with Gasteiger partial charge in [0.2, 0.25) is 0 Å². The summed E-state index contributed by atoms with van der Waals surface area (Å²) in [7, 11) is -3.31. The molecule has 2 amide bonds. The number of sulfone groups is 1. The second-order valence-corrected chi connectivity index (χ2v) is 8.31. The van der Waals surface area contributed by atoms with Gasteiger partial charge in [0, 0.05) is 18.6 Å². The number of urea groups is 1. The van der Waals surface area contributed by atoms with E-state index >= 15 is 0 Å². The molecule has 120 valence electrons. The summed E-state index contributed by atoms with van der Waals surface area (Å²) >= 11 is 0. The molecule has 2 heterocycles. The molecule has 2 atom stereocenters. The molecule has 2 aliphatic rings. The van der Waals surface area contributed by atoms with Gasteiger partial charge in [0.15, 0.2) is 9.84 Å². The van der Waals surface area contributed by atoms with Crippen LogP contribution in [0, 0.1) is 0 Å². The van der Waals surface area contributed by atoms with Gasteiger partial charge in [0.1, 0.15) is 0 Å². The van der Waals surface area contributed by atoms with E-state index in [1.54, 1.807) is 24.3 Å². The minimum Gasteiger partial charge on any atom is -0.338 e. The van der Waals surface area contributed by atoms with Gasteiger partial charge < -0.3 is 10.2 Å². The molecular weight excluding hydrogens is 300 g/mol. The van der Waals surface area contributed by atoms with Gasteiger partial charge in [0.05, 0.1) is 10.1 Å². The minimum atomic E-state index is -3.31. The molecule has 2 saturated heterocycles. The summed E-state index contributed by atoms with van der Waals surface area (Å²) in [6.45, 7) is 2.49. The first kappa shape index (κ1) is 15.3. The van der Waals surface area contributed by atoms with Crippen molar-refractivity contribution < 1.29 is 13.2 Å². The fourth-order valence-corrected chi connectivity index (χ4v) is 5.63. The zero-order valence-electron chi connectivity index (χ0n) is 12.7. The van der Waals surface area contributed by atoms with E-state index in [0.717, 1.165) is 12.8 Å². The first-order valence-electron chi connectivity index (χ1n) is 7.89. The fraction of sp³-hybridized carbons (Fsp3) is 0.562. The Balaban J connectivity index is 1.80. The Bertz CT molecular complexity index is 631. The first-order chi connectivity index (χ1) is 10.5. The van der Waals surface area contributed by atoms with Crippen LogP contribution in [-0.2, 0) is 9.84 Å². The predicted octanol–water partition coefficient (Wildman–Crippen LogP) is 2.19. The molecule has 0 aliphatic carbocycles. The van der Waals surface area contributed by atoms with E-state index in [0.29, 0.717) is 24.3 Å². The largest absolute Gasteiger partial charge is 0.338 e. The summed E-state index contributed by atoms with van der Waals surface area (Å²) in [6, 6.07) is 8.70. The lowest BCUT2D eigenvalue weighted by atomic mass is 10.0. The van der Waals surface area contributed by atoms with Crippen LogP contribution in [0.5, 0.6) is 0 Å². The first-order valence-corrected chi connectivity index (χ1v) is 9.43. The van der Waals surface area contributed by atoms with E-state index in [1.807, 2.05) is 17.9 Å². The van der Waals surface area contributed by atoms with Crippen LogP contribution in [0.2, 0.25) is 0 Å². The van der Waals surface area contributed by atoms with Crippen molar-refractivity contribution in [1.29, 1.82) is 0 Å². The van der Waals surface area contributed by atoms with E-state index in [9.17, 15) is 13.2 Å². The Morgan fingerprint density at radius 2 is 1.77 bits per heavy atom. The summed E-state index contributed by atoms with van der Waals surface area (Å²) in [5.41, 5.74) is 0. The smallest absolute Gasteiger partial charge is 0.317 e. The number of hydrogen-bond acceptors (Lipinski definition) is 3. The summed E-state index contributed by atoms with van der Waals surface area (Å²) in [5.74, 6) is 0. The molecule has 22 heavy (non-hydrogen) atoms. The van der Waals surface area contributed by atoms with Gasteiger partial charge >= 0.3 is 6.03 Å². The highest BCUT2D eigenvalue weighted by Gasteiger charge is 2.47. The van der Waals surface area contributed by atoms with Crippen LogP contribution < -0.4 is 5.32 Å². The molecule has 2 fully saturated rings. The molecular formula is C16H22N2O3S. The average Bonchev–Trinajstić information content (AvgIpc) is 2.78. The highest BCUT2D eigenvalue weighted by Crippen LogP contribution is 2.39. The average molecular weight is 322 g/mol. The SMILES string of the molecule is CCNC(=O)N1[C@H]2CC[C@H]1CC(S(=O)(=O)c1ccccc1)C2. The van der Waals surface area contributed by atoms with Crippen molar-refractivity contribution in [3.8, 4) is 0 Å². The van der Waals surface area contributed by atoms with Crippen molar-refractivity contribution in [2.24, 2.45) is 0 Å². The maximum absolute atomic E-state index is 12.8. The Kier molecular flexibility index (Phi) is 4.12. The molecule has 5 nitrogen and oxygen atoms in total. The van der Waals surface area contributed by atoms with Gasteiger partial charge in [0.25, 0.3) is 0 Å². The van der Waals surface area contributed by atoms with Crippen molar-refractivity contribution in [3.05, 3.63) is 30.3 Å². The summed E-state index contributed by atoms with van der Waals surface area (Å²) in [5, 5.41) is 2.46. The number of carbonyl (C=O) groups excluding carboxylic acids is 1. The van der Waals surface area contributed by atoms with Crippen LogP contribution in [0.15, 0.2) is 35.2 Å². The van der Waals surface area contributed by atoms with Gasteiger partial charge in [-0.2, -0.15) is 0 Å². The highest BCUT2D eigenvalue weighted by molar-refractivity contribution is 7.92. The summed E-state index contributed by atoms with van der Waals surface area (Å²) in [4.78, 5) is 14.4. The van der Waals surface area contributed by atoms with Crippen molar-refractivity contribution in [2.45, 2.75) is 54.8 Å². The second-order valence-electron chi connectivity index (χ2n) is 6.08. The molecule has 6 heteroatoms. The summed E-state index contributed by atoms with van der Waals surface area (Å²) in [6.07, 6.45) is 2.90. The molecule has 1 N–H and O–H groups in total. The van der Waals surface area contributed by atoms with Gasteiger partial charge in [-0.3, -0.25) is 0 Å². The van der Waals surface area contributed by atoms with Gasteiger partial charge in [-0.15, -0.1) is 0 Å². The van der Waals surface area contributed by atoms with Crippen LogP contribution in [0.4, 0.5) is 4.79 Å². The molecule has 0 radical (unpaired) electrons. The van der Waals surface area contributed by atoms with Crippen LogP contribution in [0.3, 0.4) is 0 Å². The monoisotopic (exact) mass is 322 g/mol. The van der Waals surface area contributed by atoms with Crippen molar-refractivity contribution >= 4 is 15.9 Å². The number of hydrogen-bond donors (Lipinski definition) is 1. The van der Waals surface area contributed by atoms with Gasteiger partial charge in [-0.05, 0) is 44.7 Å². The van der Waals surface area contributed by atoms with E-state index in [-0.39, 0.29) is 23.4 Å². The normalized spacial score (nSPS) is 27.7. The Hall–Kier alpha value is -1.56. The number of carbonyl (C=O) groups is 1. The lowest BCUT2D eigenvalue weighted by Crippen LogP contribution is -2.53. The van der Waals surface area contributed by atoms with E-state index in [4.69, 9.17) is 0 Å². The Morgan fingerprint density at radius 1 is 1.18 bits per heavy atom. The van der Waals surface area contributed by atoms with Crippen molar-refractivity contribution in [1.82, 2.24) is 10.2 Å². The number of nitrogens with zero attached hydrogens (tertiary/aromatic N) is 1. The third kappa shape index (κ3) is 2.60. The van der Waals surface area contributed by atoms with E-state index in [1.165, 1.54) is 0 Å². The zero-order chi connectivity index (χ0) is 15.7. The number of nitrogens with one attached hydrogen (secondary N) is 1. The summed E-state index contributed by atoms with van der Waals surface area (Å²) < 4.78 is 25.6. The number of benzene rings is 1. The molecule has 1 aromatic rings. The topological polar surface area (TPSA) is 66.5 Å². The lowest BCUT2D eigenvalue weighted by molar-refractivity contribution is 0.148. The van der Waals surface area contributed by atoms with E-state index < -0.39 is 9.84 Å². The molecule has 2 bridgehead atoms. The molecule has 0 spiro atoms. The molecule has 2 aliphatic heterocycles. The van der Waals surface area contributed by atoms with Crippen LogP contribution in [0.1, 0.15) is 32.6 Å². The predicted molar refractivity (Wildman–Crippen MR) is 84.4 cm³/mol. The lowest BCUT2D eigenvalue weighted by Gasteiger charge is -2.38. The third-order valence-corrected chi connectivity index (χ3v) is 6.95. The number of fused-ring (bicyclic) bond motifs is 2. The maximum Gasteiger partial charge on any atom is 0.317 e. The molecule has 3 rings (SSSR count).